The van der Waals surface area contributed by atoms with E-state index in [9.17, 15) is 9.59 Å². The van der Waals surface area contributed by atoms with E-state index in [1.165, 1.54) is 5.01 Å². The predicted molar refractivity (Wildman–Crippen MR) is 156 cm³/mol. The molecule has 0 saturated carbocycles. The molecule has 1 amide bonds. The molecule has 1 aliphatic rings. The number of rotatable bonds is 5. The number of nitrogens with zero attached hydrogens (tertiary/aromatic N) is 5. The van der Waals surface area contributed by atoms with Crippen molar-refractivity contribution in [3.63, 3.8) is 0 Å². The zero-order chi connectivity index (χ0) is 26.8. The van der Waals surface area contributed by atoms with Crippen molar-refractivity contribution < 1.29 is 4.79 Å². The van der Waals surface area contributed by atoms with Gasteiger partial charge in [0.05, 0.1) is 22.5 Å². The largest absolute Gasteiger partial charge is 0.297 e. The Bertz CT molecular complexity index is 1650. The minimum absolute atomic E-state index is 0.228. The minimum atomic E-state index is -0.356. The van der Waals surface area contributed by atoms with Crippen LogP contribution in [0.2, 0.25) is 10.0 Å². The van der Waals surface area contributed by atoms with Gasteiger partial charge >= 0.3 is 0 Å². The normalized spacial score (nSPS) is 15.9. The van der Waals surface area contributed by atoms with Crippen LogP contribution in [-0.4, -0.2) is 31.7 Å². The van der Waals surface area contributed by atoms with E-state index in [1.54, 1.807) is 65.1 Å². The van der Waals surface area contributed by atoms with Crippen LogP contribution in [0.4, 0.5) is 5.69 Å². The van der Waals surface area contributed by atoms with Crippen LogP contribution in [0, 0.1) is 6.92 Å². The molecular formula is C28H21Cl2N5O2S. The Kier molecular flexibility index (Phi) is 7.37. The zero-order valence-corrected chi connectivity index (χ0v) is 22.7. The van der Waals surface area contributed by atoms with Crippen molar-refractivity contribution in [2.45, 2.75) is 6.92 Å². The first kappa shape index (κ1) is 25.8. The Hall–Kier alpha value is -3.85. The molecule has 10 heteroatoms. The van der Waals surface area contributed by atoms with Gasteiger partial charge in [0, 0.05) is 17.1 Å². The van der Waals surface area contributed by atoms with Gasteiger partial charge in [0.25, 0.3) is 11.5 Å². The molecule has 1 aliphatic heterocycles. The zero-order valence-electron chi connectivity index (χ0n) is 20.4. The molecule has 190 valence electrons. The van der Waals surface area contributed by atoms with Crippen LogP contribution in [0.1, 0.15) is 16.8 Å². The second-order valence-corrected chi connectivity index (χ2v) is 10.3. The van der Waals surface area contributed by atoms with Gasteiger partial charge in [-0.25, -0.2) is 9.67 Å². The number of benzene rings is 3. The highest BCUT2D eigenvalue weighted by atomic mass is 35.5. The summed E-state index contributed by atoms with van der Waals surface area (Å²) in [5.41, 5.74) is 2.85. The molecule has 1 fully saturated rings. The number of carbonyl (C=O) groups excluding carboxylic acids is 1. The molecule has 1 aromatic heterocycles. The standard InChI is InChI=1S/C28H21Cl2N5O2S/c1-18-25(27(37)35(33(18)2)23-6-4-3-5-7-23)32-28-34(31-17-20-10-14-22(30)15-11-20)26(36)24(38-28)16-19-8-12-21(29)13-9-19/h3-17H,1-2H3/b24-16-,31-17-,32-28?. The molecule has 0 N–H and O–H groups in total. The van der Waals surface area contributed by atoms with Crippen LogP contribution in [-0.2, 0) is 11.8 Å². The van der Waals surface area contributed by atoms with E-state index in [0.717, 1.165) is 22.9 Å². The fourth-order valence-electron chi connectivity index (χ4n) is 3.80. The maximum absolute atomic E-state index is 13.4. The van der Waals surface area contributed by atoms with Crippen LogP contribution < -0.4 is 5.56 Å². The fourth-order valence-corrected chi connectivity index (χ4v) is 4.97. The van der Waals surface area contributed by atoms with E-state index < -0.39 is 0 Å². The molecule has 1 saturated heterocycles. The molecule has 2 heterocycles. The Morgan fingerprint density at radius 2 is 1.45 bits per heavy atom. The molecule has 38 heavy (non-hydrogen) atoms. The molecule has 0 spiro atoms. The highest BCUT2D eigenvalue weighted by Gasteiger charge is 2.34. The first-order valence-corrected chi connectivity index (χ1v) is 13.1. The van der Waals surface area contributed by atoms with Crippen LogP contribution >= 0.6 is 35.0 Å². The van der Waals surface area contributed by atoms with Crippen LogP contribution in [0.3, 0.4) is 0 Å². The van der Waals surface area contributed by atoms with Crippen molar-refractivity contribution in [2.75, 3.05) is 0 Å². The van der Waals surface area contributed by atoms with Gasteiger partial charge < -0.3 is 0 Å². The smallest absolute Gasteiger partial charge is 0.283 e. The minimum Gasteiger partial charge on any atom is -0.283 e. The third-order valence-electron chi connectivity index (χ3n) is 5.88. The Labute approximate surface area is 233 Å². The number of para-hydroxylation sites is 1. The Morgan fingerprint density at radius 1 is 0.842 bits per heavy atom. The number of carbonyl (C=O) groups is 1. The maximum Gasteiger partial charge on any atom is 0.297 e. The van der Waals surface area contributed by atoms with Crippen molar-refractivity contribution in [1.29, 1.82) is 0 Å². The predicted octanol–water partition coefficient (Wildman–Crippen LogP) is 6.43. The van der Waals surface area contributed by atoms with Gasteiger partial charge in [0.15, 0.2) is 10.9 Å². The third-order valence-corrected chi connectivity index (χ3v) is 7.34. The third kappa shape index (κ3) is 5.24. The molecular weight excluding hydrogens is 541 g/mol. The first-order chi connectivity index (χ1) is 18.3. The molecule has 0 radical (unpaired) electrons. The fraction of sp³-hybridized carbons (Fsp3) is 0.0714. The highest BCUT2D eigenvalue weighted by molar-refractivity contribution is 8.18. The van der Waals surface area contributed by atoms with Gasteiger partial charge in [0.1, 0.15) is 0 Å². The lowest BCUT2D eigenvalue weighted by molar-refractivity contribution is -0.122. The average molecular weight is 562 g/mol. The lowest BCUT2D eigenvalue weighted by atomic mass is 10.2. The summed E-state index contributed by atoms with van der Waals surface area (Å²) >= 11 is 13.1. The van der Waals surface area contributed by atoms with Gasteiger partial charge in [-0.3, -0.25) is 14.3 Å². The number of aromatic nitrogens is 2. The van der Waals surface area contributed by atoms with Gasteiger partial charge in [-0.2, -0.15) is 10.1 Å². The van der Waals surface area contributed by atoms with Gasteiger partial charge in [-0.15, -0.1) is 0 Å². The summed E-state index contributed by atoms with van der Waals surface area (Å²) in [6.07, 6.45) is 3.30. The average Bonchev–Trinajstić information content (AvgIpc) is 3.32. The van der Waals surface area contributed by atoms with Crippen molar-refractivity contribution in [3.05, 3.63) is 121 Å². The van der Waals surface area contributed by atoms with E-state index in [2.05, 4.69) is 10.1 Å². The summed E-state index contributed by atoms with van der Waals surface area (Å²) in [5.74, 6) is -0.356. The van der Waals surface area contributed by atoms with Gasteiger partial charge in [0.2, 0.25) is 0 Å². The van der Waals surface area contributed by atoms with E-state index in [-0.39, 0.29) is 22.3 Å². The van der Waals surface area contributed by atoms with Crippen LogP contribution in [0.15, 0.2) is 98.7 Å². The number of hydrogen-bond acceptors (Lipinski definition) is 5. The SMILES string of the molecule is Cc1c(N=C2S/C(=C\c3ccc(Cl)cc3)C(=O)N2/N=C\c2ccc(Cl)cc2)c(=O)n(-c2ccccc2)n1C. The molecule has 0 bridgehead atoms. The van der Waals surface area contributed by atoms with E-state index in [1.807, 2.05) is 49.4 Å². The number of amides is 1. The number of thioether (sulfide) groups is 1. The molecule has 7 nitrogen and oxygen atoms in total. The quantitative estimate of drug-likeness (QED) is 0.208. The maximum atomic E-state index is 13.4. The van der Waals surface area contributed by atoms with E-state index >= 15 is 0 Å². The summed E-state index contributed by atoms with van der Waals surface area (Å²) in [5, 5.41) is 7.10. The van der Waals surface area contributed by atoms with E-state index in [0.29, 0.717) is 26.3 Å². The lowest BCUT2D eigenvalue weighted by Crippen LogP contribution is -2.24. The molecule has 5 rings (SSSR count). The highest BCUT2D eigenvalue weighted by Crippen LogP contribution is 2.35. The topological polar surface area (TPSA) is 72.0 Å². The van der Waals surface area contributed by atoms with E-state index in [4.69, 9.17) is 23.2 Å². The van der Waals surface area contributed by atoms with Crippen LogP contribution in [0.25, 0.3) is 11.8 Å². The summed E-state index contributed by atoms with van der Waals surface area (Å²) in [4.78, 5) is 31.9. The van der Waals surface area contributed by atoms with Crippen molar-refractivity contribution in [2.24, 2.45) is 17.1 Å². The summed E-state index contributed by atoms with van der Waals surface area (Å²) < 4.78 is 3.28. The summed E-state index contributed by atoms with van der Waals surface area (Å²) in [6, 6.07) is 23.5. The molecule has 4 aromatic rings. The Morgan fingerprint density at radius 3 is 2.08 bits per heavy atom. The summed E-state index contributed by atoms with van der Waals surface area (Å²) in [7, 11) is 1.79. The number of hydrogen-bond donors (Lipinski definition) is 0. The lowest BCUT2D eigenvalue weighted by Gasteiger charge is -2.08. The van der Waals surface area contributed by atoms with Crippen molar-refractivity contribution >= 4 is 64.0 Å². The molecule has 0 aliphatic carbocycles. The van der Waals surface area contributed by atoms with Gasteiger partial charge in [-0.1, -0.05) is 65.7 Å². The molecule has 3 aromatic carbocycles. The first-order valence-electron chi connectivity index (χ1n) is 11.5. The van der Waals surface area contributed by atoms with Crippen molar-refractivity contribution in [1.82, 2.24) is 14.4 Å². The number of halogens is 2. The second kappa shape index (κ2) is 10.9. The second-order valence-electron chi connectivity index (χ2n) is 8.38. The molecule has 0 unspecified atom stereocenters. The Balaban J connectivity index is 1.59. The molecule has 0 atom stereocenters. The van der Waals surface area contributed by atoms with Crippen LogP contribution in [0.5, 0.6) is 0 Å². The van der Waals surface area contributed by atoms with Crippen molar-refractivity contribution in [3.8, 4) is 5.69 Å². The monoisotopic (exact) mass is 561 g/mol. The van der Waals surface area contributed by atoms with Gasteiger partial charge in [-0.05, 0) is 72.3 Å². The number of aliphatic imine (C=N–C) groups is 1. The number of amidine groups is 1. The summed E-state index contributed by atoms with van der Waals surface area (Å²) in [6.45, 7) is 1.81. The number of hydrazone groups is 1.